The van der Waals surface area contributed by atoms with Gasteiger partial charge in [0.2, 0.25) is 0 Å². The van der Waals surface area contributed by atoms with Gasteiger partial charge in [0, 0.05) is 0 Å². The van der Waals surface area contributed by atoms with E-state index in [4.69, 9.17) is 9.47 Å². The molecule has 0 radical (unpaired) electrons. The maximum absolute atomic E-state index is 6.07. The van der Waals surface area contributed by atoms with Gasteiger partial charge in [-0.15, -0.1) is 0 Å². The normalized spacial score (nSPS) is 28.4. The van der Waals surface area contributed by atoms with E-state index in [2.05, 4.69) is 38.1 Å². The van der Waals surface area contributed by atoms with Crippen molar-refractivity contribution in [3.8, 4) is 0 Å². The average molecular weight is 387 g/mol. The van der Waals surface area contributed by atoms with Crippen molar-refractivity contribution in [2.45, 2.75) is 109 Å². The first kappa shape index (κ1) is 21.8. The van der Waals surface area contributed by atoms with Gasteiger partial charge in [0.1, 0.15) is 6.10 Å². The van der Waals surface area contributed by atoms with Crippen molar-refractivity contribution in [2.75, 3.05) is 13.2 Å². The van der Waals surface area contributed by atoms with Gasteiger partial charge in [-0.3, -0.25) is 0 Å². The summed E-state index contributed by atoms with van der Waals surface area (Å²) >= 11 is 0. The second-order valence-corrected chi connectivity index (χ2v) is 9.15. The fourth-order valence-electron chi connectivity index (χ4n) is 5.03. The fourth-order valence-corrected chi connectivity index (χ4v) is 5.03. The van der Waals surface area contributed by atoms with Crippen LogP contribution < -0.4 is 0 Å². The molecule has 1 aromatic rings. The zero-order valence-electron chi connectivity index (χ0n) is 18.3. The molecule has 28 heavy (non-hydrogen) atoms. The standard InChI is InChI=1S/C26H42O2/c1-3-5-6-7-8-10-21-11-13-22(14-12-21)23-15-17-24(18-16-23)26-20-27-25(9-4-2)19-28-26/h15-18,21-22,25-26H,3-14,19-20H2,1-2H3/t21-,22-,25-,26-/m0/s1. The highest BCUT2D eigenvalue weighted by Crippen LogP contribution is 2.38. The van der Waals surface area contributed by atoms with Gasteiger partial charge >= 0.3 is 0 Å². The van der Waals surface area contributed by atoms with Gasteiger partial charge in [-0.1, -0.05) is 83.1 Å². The van der Waals surface area contributed by atoms with Crippen molar-refractivity contribution in [2.24, 2.45) is 5.92 Å². The van der Waals surface area contributed by atoms with E-state index in [1.165, 1.54) is 75.3 Å². The summed E-state index contributed by atoms with van der Waals surface area (Å²) in [5.41, 5.74) is 2.81. The van der Waals surface area contributed by atoms with Gasteiger partial charge in [0.15, 0.2) is 0 Å². The summed E-state index contributed by atoms with van der Waals surface area (Å²) in [5.74, 6) is 1.75. The topological polar surface area (TPSA) is 18.5 Å². The van der Waals surface area contributed by atoms with Gasteiger partial charge in [0.25, 0.3) is 0 Å². The van der Waals surface area contributed by atoms with E-state index in [9.17, 15) is 0 Å². The van der Waals surface area contributed by atoms with Gasteiger partial charge in [-0.2, -0.15) is 0 Å². The number of hydrogen-bond acceptors (Lipinski definition) is 2. The Morgan fingerprint density at radius 1 is 0.714 bits per heavy atom. The predicted molar refractivity (Wildman–Crippen MR) is 118 cm³/mol. The van der Waals surface area contributed by atoms with Crippen molar-refractivity contribution < 1.29 is 9.47 Å². The van der Waals surface area contributed by atoms with E-state index >= 15 is 0 Å². The Bertz CT molecular complexity index is 522. The fraction of sp³-hybridized carbons (Fsp3) is 0.769. The summed E-state index contributed by atoms with van der Waals surface area (Å²) in [7, 11) is 0. The van der Waals surface area contributed by atoms with Crippen molar-refractivity contribution in [1.29, 1.82) is 0 Å². The third-order valence-electron chi connectivity index (χ3n) is 6.92. The van der Waals surface area contributed by atoms with E-state index in [0.717, 1.165) is 31.3 Å². The van der Waals surface area contributed by atoms with Crippen LogP contribution in [0, 0.1) is 5.92 Å². The molecule has 0 N–H and O–H groups in total. The SMILES string of the molecule is CCCCCCC[C@H]1CC[C@H](c2ccc([C@@H]3CO[C@@H](CCC)CO3)cc2)CC1. The Morgan fingerprint density at radius 3 is 2.07 bits per heavy atom. The van der Waals surface area contributed by atoms with Crippen LogP contribution in [0.2, 0.25) is 0 Å². The Kier molecular flexibility index (Phi) is 9.34. The Labute approximate surface area is 173 Å². The van der Waals surface area contributed by atoms with Crippen LogP contribution >= 0.6 is 0 Å². The number of hydrogen-bond donors (Lipinski definition) is 0. The van der Waals surface area contributed by atoms with Crippen LogP contribution in [0.15, 0.2) is 24.3 Å². The number of rotatable bonds is 10. The Morgan fingerprint density at radius 2 is 1.43 bits per heavy atom. The van der Waals surface area contributed by atoms with Crippen LogP contribution in [-0.4, -0.2) is 19.3 Å². The molecule has 2 aliphatic rings. The molecule has 0 bridgehead atoms. The smallest absolute Gasteiger partial charge is 0.106 e. The average Bonchev–Trinajstić information content (AvgIpc) is 2.75. The molecule has 2 nitrogen and oxygen atoms in total. The third kappa shape index (κ3) is 6.59. The number of benzene rings is 1. The maximum atomic E-state index is 6.07. The minimum Gasteiger partial charge on any atom is -0.373 e. The first-order valence-electron chi connectivity index (χ1n) is 12.1. The highest BCUT2D eigenvalue weighted by atomic mass is 16.6. The van der Waals surface area contributed by atoms with Crippen molar-refractivity contribution in [3.05, 3.63) is 35.4 Å². The molecular weight excluding hydrogens is 344 g/mol. The minimum absolute atomic E-state index is 0.116. The van der Waals surface area contributed by atoms with Crippen LogP contribution in [0.1, 0.15) is 114 Å². The Hall–Kier alpha value is -0.860. The molecule has 1 saturated carbocycles. The lowest BCUT2D eigenvalue weighted by Crippen LogP contribution is -2.30. The summed E-state index contributed by atoms with van der Waals surface area (Å²) in [5, 5.41) is 0. The first-order chi connectivity index (χ1) is 13.8. The summed E-state index contributed by atoms with van der Waals surface area (Å²) in [6.45, 7) is 5.94. The lowest BCUT2D eigenvalue weighted by Gasteiger charge is -2.31. The lowest BCUT2D eigenvalue weighted by molar-refractivity contribution is -0.137. The molecule has 0 spiro atoms. The molecular formula is C26H42O2. The molecule has 1 aliphatic carbocycles. The summed E-state index contributed by atoms with van der Waals surface area (Å²) in [4.78, 5) is 0. The second kappa shape index (κ2) is 12.0. The molecule has 1 aromatic carbocycles. The molecule has 1 heterocycles. The quantitative estimate of drug-likeness (QED) is 0.386. The zero-order chi connectivity index (χ0) is 19.6. The van der Waals surface area contributed by atoms with Gasteiger partial charge < -0.3 is 9.47 Å². The predicted octanol–water partition coefficient (Wildman–Crippen LogP) is 7.58. The first-order valence-corrected chi connectivity index (χ1v) is 12.1. The Balaban J connectivity index is 1.39. The summed E-state index contributed by atoms with van der Waals surface area (Å²) in [6, 6.07) is 9.27. The molecule has 1 aliphatic heterocycles. The summed E-state index contributed by atoms with van der Waals surface area (Å²) in [6.07, 6.45) is 16.9. The van der Waals surface area contributed by atoms with Gasteiger partial charge in [-0.05, 0) is 55.1 Å². The summed E-state index contributed by atoms with van der Waals surface area (Å²) < 4.78 is 12.0. The van der Waals surface area contributed by atoms with Crippen LogP contribution in [0.3, 0.4) is 0 Å². The number of unbranched alkanes of at least 4 members (excludes halogenated alkanes) is 4. The molecule has 2 fully saturated rings. The van der Waals surface area contributed by atoms with Gasteiger partial charge in [0.05, 0.1) is 19.3 Å². The van der Waals surface area contributed by atoms with E-state index in [1.54, 1.807) is 0 Å². The van der Waals surface area contributed by atoms with Crippen LogP contribution in [-0.2, 0) is 9.47 Å². The van der Waals surface area contributed by atoms with Crippen molar-refractivity contribution in [3.63, 3.8) is 0 Å². The van der Waals surface area contributed by atoms with E-state index in [0.29, 0.717) is 12.7 Å². The zero-order valence-corrected chi connectivity index (χ0v) is 18.3. The van der Waals surface area contributed by atoms with Crippen molar-refractivity contribution >= 4 is 0 Å². The van der Waals surface area contributed by atoms with Crippen LogP contribution in [0.5, 0.6) is 0 Å². The van der Waals surface area contributed by atoms with Crippen LogP contribution in [0.4, 0.5) is 0 Å². The molecule has 158 valence electrons. The van der Waals surface area contributed by atoms with E-state index < -0.39 is 0 Å². The highest BCUT2D eigenvalue weighted by Gasteiger charge is 2.25. The molecule has 2 atom stereocenters. The van der Waals surface area contributed by atoms with Gasteiger partial charge in [-0.25, -0.2) is 0 Å². The highest BCUT2D eigenvalue weighted by molar-refractivity contribution is 5.27. The largest absolute Gasteiger partial charge is 0.373 e. The molecule has 2 heteroatoms. The monoisotopic (exact) mass is 386 g/mol. The molecule has 3 rings (SSSR count). The molecule has 0 amide bonds. The molecule has 0 aromatic heterocycles. The van der Waals surface area contributed by atoms with E-state index in [-0.39, 0.29) is 6.10 Å². The third-order valence-corrected chi connectivity index (χ3v) is 6.92. The maximum Gasteiger partial charge on any atom is 0.106 e. The van der Waals surface area contributed by atoms with Crippen molar-refractivity contribution in [1.82, 2.24) is 0 Å². The van der Waals surface area contributed by atoms with E-state index in [1.807, 2.05) is 0 Å². The lowest BCUT2D eigenvalue weighted by atomic mass is 9.77. The minimum atomic E-state index is 0.116. The molecule has 1 saturated heterocycles. The molecule has 0 unspecified atom stereocenters. The second-order valence-electron chi connectivity index (χ2n) is 9.15. The van der Waals surface area contributed by atoms with Crippen LogP contribution in [0.25, 0.3) is 0 Å². The number of ether oxygens (including phenoxy) is 2.